The van der Waals surface area contributed by atoms with Crippen LogP contribution >= 0.6 is 0 Å². The normalized spacial score (nSPS) is 25.5. The number of amides is 2. The van der Waals surface area contributed by atoms with E-state index in [2.05, 4.69) is 5.32 Å². The summed E-state index contributed by atoms with van der Waals surface area (Å²) in [5.41, 5.74) is -0.588. The minimum atomic E-state index is -1.60. The van der Waals surface area contributed by atoms with Crippen molar-refractivity contribution >= 4 is 17.5 Å². The van der Waals surface area contributed by atoms with E-state index in [9.17, 15) is 29.4 Å². The summed E-state index contributed by atoms with van der Waals surface area (Å²) in [5.74, 6) is -0.791. The van der Waals surface area contributed by atoms with Gasteiger partial charge in [0.15, 0.2) is 12.3 Å². The first-order valence-corrected chi connectivity index (χ1v) is 10.4. The Labute approximate surface area is 182 Å². The van der Waals surface area contributed by atoms with Crippen LogP contribution in [0.4, 0.5) is 5.69 Å². The van der Waals surface area contributed by atoms with Crippen LogP contribution in [0.1, 0.15) is 35.8 Å². The molecular weight excluding hydrogens is 420 g/mol. The van der Waals surface area contributed by atoms with E-state index in [-0.39, 0.29) is 5.91 Å². The molecule has 0 spiro atoms. The molecule has 1 aromatic heterocycles. The summed E-state index contributed by atoms with van der Waals surface area (Å²) in [6, 6.07) is 7.41. The molecular formula is C21H24N4O7. The number of carbonyl (C=O) groups excluding carboxylic acids is 2. The average Bonchev–Trinajstić information content (AvgIpc) is 3.09. The van der Waals surface area contributed by atoms with Crippen molar-refractivity contribution in [2.45, 2.75) is 43.8 Å². The standard InChI is InChI=1S/C21H24N4O7/c26-14-8-11-25(21(31)23-14)20-16(28)15(27)17(32-20)18(29)22-13-6-4-12(5-7-13)19(30)24-9-2-1-3-10-24/h4-8,11,15-17,20,27-28H,1-3,9-10H2,(H,22,29)(H,23,26,31)/t15-,16+,17-,20+/m0/s1. The molecule has 2 aromatic rings. The summed E-state index contributed by atoms with van der Waals surface area (Å²) in [6.45, 7) is 1.46. The van der Waals surface area contributed by atoms with Gasteiger partial charge in [0.2, 0.25) is 0 Å². The van der Waals surface area contributed by atoms with Crippen molar-refractivity contribution < 1.29 is 24.5 Å². The largest absolute Gasteiger partial charge is 0.387 e. The Morgan fingerprint density at radius 2 is 1.69 bits per heavy atom. The Balaban J connectivity index is 1.42. The van der Waals surface area contributed by atoms with Crippen molar-refractivity contribution in [3.05, 3.63) is 62.9 Å². The Hall–Kier alpha value is -3.28. The van der Waals surface area contributed by atoms with E-state index in [0.717, 1.165) is 49.2 Å². The van der Waals surface area contributed by atoms with Crippen LogP contribution in [0.25, 0.3) is 0 Å². The highest BCUT2D eigenvalue weighted by Crippen LogP contribution is 2.29. The summed E-state index contributed by atoms with van der Waals surface area (Å²) in [7, 11) is 0. The fourth-order valence-corrected chi connectivity index (χ4v) is 3.92. The van der Waals surface area contributed by atoms with E-state index >= 15 is 0 Å². The van der Waals surface area contributed by atoms with Gasteiger partial charge in [-0.3, -0.25) is 23.9 Å². The highest BCUT2D eigenvalue weighted by atomic mass is 16.6. The third kappa shape index (κ3) is 4.35. The summed E-state index contributed by atoms with van der Waals surface area (Å²) < 4.78 is 6.33. The molecule has 2 aliphatic heterocycles. The van der Waals surface area contributed by atoms with Crippen LogP contribution in [-0.4, -0.2) is 67.9 Å². The molecule has 1 aromatic carbocycles. The number of H-pyrrole nitrogens is 1. The number of piperidine rings is 1. The Bertz CT molecular complexity index is 1100. The third-order valence-corrected chi connectivity index (χ3v) is 5.66. The van der Waals surface area contributed by atoms with Crippen molar-refractivity contribution in [1.82, 2.24) is 14.5 Å². The molecule has 32 heavy (non-hydrogen) atoms. The summed E-state index contributed by atoms with van der Waals surface area (Å²) in [6.07, 6.45) is -1.77. The molecule has 11 nitrogen and oxygen atoms in total. The second kappa shape index (κ2) is 9.07. The lowest BCUT2D eigenvalue weighted by atomic mass is 10.1. The molecule has 4 atom stereocenters. The van der Waals surface area contributed by atoms with Gasteiger partial charge in [-0.15, -0.1) is 0 Å². The number of hydrogen-bond donors (Lipinski definition) is 4. The van der Waals surface area contributed by atoms with Gasteiger partial charge >= 0.3 is 5.69 Å². The molecule has 0 unspecified atom stereocenters. The van der Waals surface area contributed by atoms with Crippen molar-refractivity contribution in [2.75, 3.05) is 18.4 Å². The molecule has 2 saturated heterocycles. The molecule has 3 heterocycles. The number of ether oxygens (including phenoxy) is 1. The van der Waals surface area contributed by atoms with Crippen molar-refractivity contribution in [3.8, 4) is 0 Å². The van der Waals surface area contributed by atoms with Crippen molar-refractivity contribution in [2.24, 2.45) is 0 Å². The number of benzene rings is 1. The number of aromatic amines is 1. The molecule has 2 fully saturated rings. The molecule has 11 heteroatoms. The Morgan fingerprint density at radius 1 is 1.00 bits per heavy atom. The van der Waals surface area contributed by atoms with Crippen molar-refractivity contribution in [1.29, 1.82) is 0 Å². The molecule has 0 aliphatic carbocycles. The van der Waals surface area contributed by atoms with E-state index in [1.165, 1.54) is 0 Å². The van der Waals surface area contributed by atoms with Gasteiger partial charge in [-0.25, -0.2) is 4.79 Å². The van der Waals surface area contributed by atoms with Crippen LogP contribution in [0.3, 0.4) is 0 Å². The first kappa shape index (κ1) is 21.9. The van der Waals surface area contributed by atoms with Gasteiger partial charge < -0.3 is 25.2 Å². The summed E-state index contributed by atoms with van der Waals surface area (Å²) in [4.78, 5) is 52.2. The fourth-order valence-electron chi connectivity index (χ4n) is 3.92. The van der Waals surface area contributed by atoms with Gasteiger partial charge in [0, 0.05) is 36.6 Å². The van der Waals surface area contributed by atoms with Crippen LogP contribution in [0.5, 0.6) is 0 Å². The number of aliphatic hydroxyl groups is 2. The zero-order valence-electron chi connectivity index (χ0n) is 17.1. The number of nitrogens with one attached hydrogen (secondary N) is 2. The predicted octanol–water partition coefficient (Wildman–Crippen LogP) is -0.579. The van der Waals surface area contributed by atoms with E-state index < -0.39 is 41.7 Å². The first-order valence-electron chi connectivity index (χ1n) is 10.4. The molecule has 4 rings (SSSR count). The Kier molecular flexibility index (Phi) is 6.21. The van der Waals surface area contributed by atoms with Gasteiger partial charge in [0.05, 0.1) is 0 Å². The fraction of sp³-hybridized carbons (Fsp3) is 0.429. The summed E-state index contributed by atoms with van der Waals surface area (Å²) >= 11 is 0. The highest BCUT2D eigenvalue weighted by Gasteiger charge is 2.47. The van der Waals surface area contributed by atoms with Crippen LogP contribution in [-0.2, 0) is 9.53 Å². The zero-order chi connectivity index (χ0) is 22.8. The molecule has 2 amide bonds. The number of likely N-dealkylation sites (tertiary alicyclic amines) is 1. The maximum atomic E-state index is 12.6. The monoisotopic (exact) mass is 444 g/mol. The molecule has 4 N–H and O–H groups in total. The zero-order valence-corrected chi connectivity index (χ0v) is 17.1. The number of aromatic nitrogens is 2. The van der Waals surface area contributed by atoms with E-state index in [1.54, 1.807) is 29.2 Å². The molecule has 2 aliphatic rings. The molecule has 0 saturated carbocycles. The number of aliphatic hydroxyl groups excluding tert-OH is 2. The number of carbonyl (C=O) groups is 2. The molecule has 0 radical (unpaired) electrons. The first-order chi connectivity index (χ1) is 15.3. The summed E-state index contributed by atoms with van der Waals surface area (Å²) in [5, 5.41) is 23.1. The number of anilines is 1. The van der Waals surface area contributed by atoms with Gasteiger partial charge in [0.1, 0.15) is 12.2 Å². The SMILES string of the molecule is O=C(Nc1ccc(C(=O)N2CCCCC2)cc1)[C@H]1O[C@@H](n2ccc(=O)[nH]c2=O)[C@H](O)[C@@H]1O. The maximum absolute atomic E-state index is 12.6. The minimum absolute atomic E-state index is 0.0607. The van der Waals surface area contributed by atoms with E-state index in [0.29, 0.717) is 11.3 Å². The second-order valence-electron chi connectivity index (χ2n) is 7.87. The molecule has 170 valence electrons. The van der Waals surface area contributed by atoms with Gasteiger partial charge in [-0.1, -0.05) is 0 Å². The van der Waals surface area contributed by atoms with Gasteiger partial charge in [-0.2, -0.15) is 0 Å². The Morgan fingerprint density at radius 3 is 2.34 bits per heavy atom. The number of rotatable bonds is 4. The van der Waals surface area contributed by atoms with Crippen LogP contribution in [0.15, 0.2) is 46.1 Å². The van der Waals surface area contributed by atoms with Crippen LogP contribution < -0.4 is 16.6 Å². The lowest BCUT2D eigenvalue weighted by Gasteiger charge is -2.26. The topological polar surface area (TPSA) is 154 Å². The van der Waals surface area contributed by atoms with E-state index in [4.69, 9.17) is 4.74 Å². The average molecular weight is 444 g/mol. The van der Waals surface area contributed by atoms with Crippen LogP contribution in [0, 0.1) is 0 Å². The predicted molar refractivity (Wildman–Crippen MR) is 112 cm³/mol. The van der Waals surface area contributed by atoms with Crippen LogP contribution in [0.2, 0.25) is 0 Å². The second-order valence-corrected chi connectivity index (χ2v) is 7.87. The minimum Gasteiger partial charge on any atom is -0.387 e. The third-order valence-electron chi connectivity index (χ3n) is 5.66. The molecule has 0 bridgehead atoms. The van der Waals surface area contributed by atoms with E-state index in [1.807, 2.05) is 4.98 Å². The van der Waals surface area contributed by atoms with Gasteiger partial charge in [0.25, 0.3) is 17.4 Å². The van der Waals surface area contributed by atoms with Gasteiger partial charge in [-0.05, 0) is 43.5 Å². The number of nitrogens with zero attached hydrogens (tertiary/aromatic N) is 2. The van der Waals surface area contributed by atoms with Crippen molar-refractivity contribution in [3.63, 3.8) is 0 Å². The number of hydrogen-bond acceptors (Lipinski definition) is 7. The maximum Gasteiger partial charge on any atom is 0.330 e. The quantitative estimate of drug-likeness (QED) is 0.492. The highest BCUT2D eigenvalue weighted by molar-refractivity contribution is 5.97. The smallest absolute Gasteiger partial charge is 0.330 e. The lowest BCUT2D eigenvalue weighted by molar-refractivity contribution is -0.132. The lowest BCUT2D eigenvalue weighted by Crippen LogP contribution is -2.39.